The van der Waals surface area contributed by atoms with Crippen LogP contribution in [0.15, 0.2) is 48.5 Å². The molecule has 2 N–H and O–H groups in total. The quantitative estimate of drug-likeness (QED) is 0.665. The van der Waals surface area contributed by atoms with E-state index in [1.54, 1.807) is 26.4 Å². The summed E-state index contributed by atoms with van der Waals surface area (Å²) < 4.78 is 10.5. The molecule has 0 bridgehead atoms. The van der Waals surface area contributed by atoms with Crippen molar-refractivity contribution in [2.45, 2.75) is 25.8 Å². The van der Waals surface area contributed by atoms with Crippen molar-refractivity contribution >= 4 is 11.8 Å². The number of benzene rings is 2. The minimum Gasteiger partial charge on any atom is -0.493 e. The molecular weight excluding hydrogens is 344 g/mol. The highest BCUT2D eigenvalue weighted by molar-refractivity contribution is 5.94. The van der Waals surface area contributed by atoms with E-state index in [4.69, 9.17) is 9.47 Å². The maximum Gasteiger partial charge on any atom is 0.251 e. The normalized spacial score (nSPS) is 11.4. The minimum atomic E-state index is -0.156. The lowest BCUT2D eigenvalue weighted by Gasteiger charge is -2.16. The van der Waals surface area contributed by atoms with E-state index >= 15 is 0 Å². The first-order valence-electron chi connectivity index (χ1n) is 8.89. The molecule has 0 fully saturated rings. The number of rotatable bonds is 9. The van der Waals surface area contributed by atoms with Gasteiger partial charge in [0.2, 0.25) is 5.91 Å². The Morgan fingerprint density at radius 2 is 1.70 bits per heavy atom. The van der Waals surface area contributed by atoms with Gasteiger partial charge in [-0.2, -0.15) is 0 Å². The lowest BCUT2D eigenvalue weighted by atomic mass is 10.1. The van der Waals surface area contributed by atoms with E-state index in [0.29, 0.717) is 36.4 Å². The third kappa shape index (κ3) is 6.02. The summed E-state index contributed by atoms with van der Waals surface area (Å²) in [6.07, 6.45) is 0.912. The molecule has 2 rings (SSSR count). The first-order valence-corrected chi connectivity index (χ1v) is 8.89. The zero-order valence-electron chi connectivity index (χ0n) is 16.0. The van der Waals surface area contributed by atoms with E-state index in [-0.39, 0.29) is 17.9 Å². The minimum absolute atomic E-state index is 0.0637. The molecule has 0 saturated heterocycles. The van der Waals surface area contributed by atoms with E-state index in [2.05, 4.69) is 10.6 Å². The van der Waals surface area contributed by atoms with Crippen LogP contribution in [-0.4, -0.2) is 32.6 Å². The van der Waals surface area contributed by atoms with Crippen LogP contribution in [0.25, 0.3) is 0 Å². The van der Waals surface area contributed by atoms with Crippen LogP contribution in [0, 0.1) is 0 Å². The number of amides is 2. The lowest BCUT2D eigenvalue weighted by Crippen LogP contribution is -2.29. The predicted octanol–water partition coefficient (Wildman–Crippen LogP) is 3.09. The van der Waals surface area contributed by atoms with Crippen LogP contribution < -0.4 is 20.1 Å². The average Bonchev–Trinajstić information content (AvgIpc) is 2.71. The molecule has 1 atom stereocenters. The van der Waals surface area contributed by atoms with Gasteiger partial charge in [0.1, 0.15) is 0 Å². The third-order valence-electron chi connectivity index (χ3n) is 4.19. The molecule has 0 aliphatic heterocycles. The van der Waals surface area contributed by atoms with E-state index in [9.17, 15) is 9.59 Å². The number of ether oxygens (including phenoxy) is 2. The maximum absolute atomic E-state index is 12.1. The predicted molar refractivity (Wildman–Crippen MR) is 104 cm³/mol. The van der Waals surface area contributed by atoms with Gasteiger partial charge in [-0.3, -0.25) is 9.59 Å². The molecule has 2 amide bonds. The Kier molecular flexibility index (Phi) is 7.67. The van der Waals surface area contributed by atoms with Crippen LogP contribution in [0.3, 0.4) is 0 Å². The van der Waals surface area contributed by atoms with Crippen molar-refractivity contribution in [3.8, 4) is 11.5 Å². The number of methoxy groups -OCH3 is 2. The summed E-state index contributed by atoms with van der Waals surface area (Å²) in [4.78, 5) is 24.1. The maximum atomic E-state index is 12.1. The van der Waals surface area contributed by atoms with Crippen molar-refractivity contribution in [3.05, 3.63) is 59.7 Å². The van der Waals surface area contributed by atoms with Crippen LogP contribution in [-0.2, 0) is 4.79 Å². The Balaban J connectivity index is 1.76. The van der Waals surface area contributed by atoms with Gasteiger partial charge in [-0.05, 0) is 43.2 Å². The summed E-state index contributed by atoms with van der Waals surface area (Å²) in [5.74, 6) is 1.08. The standard InChI is InChI=1S/C21H26N2O4/c1-15(17-11-12-18(26-2)19(14-17)27-3)23-20(24)10-7-13-22-21(25)16-8-5-4-6-9-16/h4-6,8-9,11-12,14-15H,7,10,13H2,1-3H3,(H,22,25)(H,23,24). The second-order valence-corrected chi connectivity index (χ2v) is 6.13. The van der Waals surface area contributed by atoms with Gasteiger partial charge in [0.05, 0.1) is 20.3 Å². The van der Waals surface area contributed by atoms with Gasteiger partial charge in [-0.15, -0.1) is 0 Å². The van der Waals surface area contributed by atoms with Gasteiger partial charge in [0.15, 0.2) is 11.5 Å². The van der Waals surface area contributed by atoms with Gasteiger partial charge >= 0.3 is 0 Å². The fourth-order valence-corrected chi connectivity index (χ4v) is 2.66. The fraction of sp³-hybridized carbons (Fsp3) is 0.333. The van der Waals surface area contributed by atoms with E-state index in [1.807, 2.05) is 43.3 Å². The molecule has 0 aromatic heterocycles. The number of carbonyl (C=O) groups is 2. The molecule has 6 heteroatoms. The summed E-state index contributed by atoms with van der Waals surface area (Å²) in [7, 11) is 3.16. The Labute approximate surface area is 159 Å². The molecule has 0 aliphatic rings. The molecule has 0 heterocycles. The topological polar surface area (TPSA) is 76.7 Å². The Hall–Kier alpha value is -3.02. The number of hydrogen-bond donors (Lipinski definition) is 2. The van der Waals surface area contributed by atoms with Crippen molar-refractivity contribution in [3.63, 3.8) is 0 Å². The molecule has 0 radical (unpaired) electrons. The monoisotopic (exact) mass is 370 g/mol. The van der Waals surface area contributed by atoms with Crippen LogP contribution >= 0.6 is 0 Å². The second kappa shape index (κ2) is 10.2. The second-order valence-electron chi connectivity index (χ2n) is 6.13. The van der Waals surface area contributed by atoms with Gasteiger partial charge in [-0.25, -0.2) is 0 Å². The summed E-state index contributed by atoms with van der Waals surface area (Å²) in [6, 6.07) is 14.4. The van der Waals surface area contributed by atoms with Crippen molar-refractivity contribution in [2.24, 2.45) is 0 Å². The molecule has 0 aliphatic carbocycles. The summed E-state index contributed by atoms with van der Waals surface area (Å²) in [5, 5.41) is 5.77. The van der Waals surface area contributed by atoms with Gasteiger partial charge in [0.25, 0.3) is 5.91 Å². The van der Waals surface area contributed by atoms with Crippen molar-refractivity contribution < 1.29 is 19.1 Å². The summed E-state index contributed by atoms with van der Waals surface area (Å²) in [6.45, 7) is 2.36. The number of carbonyl (C=O) groups excluding carboxylic acids is 2. The molecular formula is C21H26N2O4. The molecule has 0 spiro atoms. The highest BCUT2D eigenvalue weighted by Crippen LogP contribution is 2.29. The Morgan fingerprint density at radius 1 is 1.00 bits per heavy atom. The molecule has 0 saturated carbocycles. The lowest BCUT2D eigenvalue weighted by molar-refractivity contribution is -0.121. The summed E-state index contributed by atoms with van der Waals surface area (Å²) >= 11 is 0. The van der Waals surface area contributed by atoms with Crippen LogP contribution in [0.4, 0.5) is 0 Å². The average molecular weight is 370 g/mol. The van der Waals surface area contributed by atoms with Gasteiger partial charge in [0, 0.05) is 18.5 Å². The number of nitrogens with one attached hydrogen (secondary N) is 2. The van der Waals surface area contributed by atoms with E-state index in [0.717, 1.165) is 5.56 Å². The van der Waals surface area contributed by atoms with Crippen molar-refractivity contribution in [1.82, 2.24) is 10.6 Å². The third-order valence-corrected chi connectivity index (χ3v) is 4.19. The molecule has 1 unspecified atom stereocenters. The zero-order valence-corrected chi connectivity index (χ0v) is 16.0. The van der Waals surface area contributed by atoms with Gasteiger partial charge in [-0.1, -0.05) is 24.3 Å². The fourth-order valence-electron chi connectivity index (χ4n) is 2.66. The highest BCUT2D eigenvalue weighted by atomic mass is 16.5. The van der Waals surface area contributed by atoms with Gasteiger partial charge < -0.3 is 20.1 Å². The largest absolute Gasteiger partial charge is 0.493 e. The molecule has 2 aromatic carbocycles. The van der Waals surface area contributed by atoms with Crippen LogP contribution in [0.5, 0.6) is 11.5 Å². The van der Waals surface area contributed by atoms with Crippen LogP contribution in [0.2, 0.25) is 0 Å². The smallest absolute Gasteiger partial charge is 0.251 e. The van der Waals surface area contributed by atoms with E-state index in [1.165, 1.54) is 0 Å². The highest BCUT2D eigenvalue weighted by Gasteiger charge is 2.13. The summed E-state index contributed by atoms with van der Waals surface area (Å²) in [5.41, 5.74) is 1.54. The Morgan fingerprint density at radius 3 is 2.37 bits per heavy atom. The number of hydrogen-bond acceptors (Lipinski definition) is 4. The Bertz CT molecular complexity index is 762. The zero-order chi connectivity index (χ0) is 19.6. The molecule has 6 nitrogen and oxygen atoms in total. The van der Waals surface area contributed by atoms with E-state index < -0.39 is 0 Å². The van der Waals surface area contributed by atoms with Crippen molar-refractivity contribution in [1.29, 1.82) is 0 Å². The molecule has 27 heavy (non-hydrogen) atoms. The van der Waals surface area contributed by atoms with Crippen molar-refractivity contribution in [2.75, 3.05) is 20.8 Å². The first kappa shape index (κ1) is 20.3. The SMILES string of the molecule is COc1ccc(C(C)NC(=O)CCCNC(=O)c2ccccc2)cc1OC. The molecule has 144 valence electrons. The molecule has 2 aromatic rings. The first-order chi connectivity index (χ1) is 13.0. The van der Waals surface area contributed by atoms with Crippen LogP contribution in [0.1, 0.15) is 41.7 Å².